The van der Waals surface area contributed by atoms with Crippen molar-refractivity contribution in [3.05, 3.63) is 0 Å². The van der Waals surface area contributed by atoms with Crippen LogP contribution in [0.5, 0.6) is 0 Å². The quantitative estimate of drug-likeness (QED) is 0.785. The molecule has 0 amide bonds. The van der Waals surface area contributed by atoms with Crippen molar-refractivity contribution >= 4 is 0 Å². The molecule has 1 fully saturated rings. The molecule has 1 aliphatic carbocycles. The molecular formula is C13H28O2. The summed E-state index contributed by atoms with van der Waals surface area (Å²) in [7, 11) is 1.70. The molecule has 3 unspecified atom stereocenters. The molecule has 0 aliphatic heterocycles. The first kappa shape index (κ1) is 14.9. The van der Waals surface area contributed by atoms with E-state index in [4.69, 9.17) is 4.74 Å². The van der Waals surface area contributed by atoms with E-state index in [1.165, 1.54) is 12.8 Å². The Morgan fingerprint density at radius 1 is 1.27 bits per heavy atom. The van der Waals surface area contributed by atoms with Gasteiger partial charge in [0.25, 0.3) is 0 Å². The fourth-order valence-corrected chi connectivity index (χ4v) is 2.33. The number of hydrogen-bond donors (Lipinski definition) is 1. The zero-order valence-corrected chi connectivity index (χ0v) is 11.0. The summed E-state index contributed by atoms with van der Waals surface area (Å²) < 4.78 is 5.27. The normalized spacial score (nSPS) is 31.0. The Labute approximate surface area is 95.0 Å². The van der Waals surface area contributed by atoms with E-state index in [1.807, 2.05) is 13.8 Å². The second-order valence-corrected chi connectivity index (χ2v) is 4.65. The zero-order chi connectivity index (χ0) is 11.8. The smallest absolute Gasteiger partial charge is 0.0832 e. The van der Waals surface area contributed by atoms with Gasteiger partial charge in [-0.2, -0.15) is 0 Å². The van der Waals surface area contributed by atoms with Gasteiger partial charge in [0, 0.05) is 7.11 Å². The van der Waals surface area contributed by atoms with Crippen LogP contribution in [0, 0.1) is 11.8 Å². The molecule has 0 spiro atoms. The summed E-state index contributed by atoms with van der Waals surface area (Å²) in [6, 6.07) is 0. The number of ether oxygens (including phenoxy) is 1. The molecule has 15 heavy (non-hydrogen) atoms. The minimum absolute atomic E-state index is 0.0810. The maximum atomic E-state index is 9.60. The van der Waals surface area contributed by atoms with Crippen LogP contribution < -0.4 is 0 Å². The highest BCUT2D eigenvalue weighted by molar-refractivity contribution is 4.80. The summed E-state index contributed by atoms with van der Waals surface area (Å²) in [5.74, 6) is 1.52. The van der Waals surface area contributed by atoms with E-state index in [0.717, 1.165) is 24.7 Å². The molecule has 0 aromatic carbocycles. The number of methoxy groups -OCH3 is 1. The molecule has 92 valence electrons. The third-order valence-corrected chi connectivity index (χ3v) is 2.97. The Morgan fingerprint density at radius 2 is 1.87 bits per heavy atom. The Bertz CT molecular complexity index is 145. The van der Waals surface area contributed by atoms with Crippen LogP contribution in [0.4, 0.5) is 0 Å². The SMILES string of the molecule is CC.COC1CC(CC(C)C)CCC1O. The van der Waals surface area contributed by atoms with Gasteiger partial charge in [-0.05, 0) is 37.5 Å². The van der Waals surface area contributed by atoms with Gasteiger partial charge >= 0.3 is 0 Å². The van der Waals surface area contributed by atoms with E-state index in [-0.39, 0.29) is 12.2 Å². The predicted molar refractivity (Wildman–Crippen MR) is 64.9 cm³/mol. The monoisotopic (exact) mass is 216 g/mol. The van der Waals surface area contributed by atoms with E-state index in [1.54, 1.807) is 7.11 Å². The van der Waals surface area contributed by atoms with Gasteiger partial charge in [-0.15, -0.1) is 0 Å². The molecule has 2 nitrogen and oxygen atoms in total. The summed E-state index contributed by atoms with van der Waals surface area (Å²) in [6.45, 7) is 8.51. The summed E-state index contributed by atoms with van der Waals surface area (Å²) in [6.07, 6.45) is 4.24. The van der Waals surface area contributed by atoms with Gasteiger partial charge in [0.15, 0.2) is 0 Å². The highest BCUT2D eigenvalue weighted by Crippen LogP contribution is 2.30. The first-order valence-corrected chi connectivity index (χ1v) is 6.34. The molecule has 2 heteroatoms. The maximum Gasteiger partial charge on any atom is 0.0832 e. The molecule has 0 heterocycles. The van der Waals surface area contributed by atoms with Crippen molar-refractivity contribution in [2.24, 2.45) is 11.8 Å². The fraction of sp³-hybridized carbons (Fsp3) is 1.00. The minimum Gasteiger partial charge on any atom is -0.390 e. The summed E-state index contributed by atoms with van der Waals surface area (Å²) in [5, 5.41) is 9.60. The van der Waals surface area contributed by atoms with Crippen LogP contribution in [-0.2, 0) is 4.74 Å². The summed E-state index contributed by atoms with van der Waals surface area (Å²) >= 11 is 0. The van der Waals surface area contributed by atoms with Crippen molar-refractivity contribution in [2.75, 3.05) is 7.11 Å². The van der Waals surface area contributed by atoms with Crippen LogP contribution in [0.25, 0.3) is 0 Å². The van der Waals surface area contributed by atoms with E-state index in [2.05, 4.69) is 13.8 Å². The average molecular weight is 216 g/mol. The van der Waals surface area contributed by atoms with Gasteiger partial charge in [0.2, 0.25) is 0 Å². The van der Waals surface area contributed by atoms with Crippen molar-refractivity contribution in [2.45, 2.75) is 65.6 Å². The molecule has 0 bridgehead atoms. The Balaban J connectivity index is 0.000000921. The molecule has 1 N–H and O–H groups in total. The lowest BCUT2D eigenvalue weighted by Gasteiger charge is -2.33. The van der Waals surface area contributed by atoms with E-state index < -0.39 is 0 Å². The maximum absolute atomic E-state index is 9.60. The van der Waals surface area contributed by atoms with Crippen molar-refractivity contribution in [1.82, 2.24) is 0 Å². The Hall–Kier alpha value is -0.0800. The van der Waals surface area contributed by atoms with Gasteiger partial charge in [0.1, 0.15) is 0 Å². The van der Waals surface area contributed by atoms with Crippen LogP contribution in [0.15, 0.2) is 0 Å². The number of hydrogen-bond acceptors (Lipinski definition) is 2. The molecule has 0 radical (unpaired) electrons. The third-order valence-electron chi connectivity index (χ3n) is 2.97. The van der Waals surface area contributed by atoms with Gasteiger partial charge in [-0.1, -0.05) is 27.7 Å². The lowest BCUT2D eigenvalue weighted by atomic mass is 9.81. The molecule has 1 rings (SSSR count). The van der Waals surface area contributed by atoms with Crippen molar-refractivity contribution in [3.63, 3.8) is 0 Å². The lowest BCUT2D eigenvalue weighted by Crippen LogP contribution is -2.35. The molecule has 0 saturated heterocycles. The van der Waals surface area contributed by atoms with Crippen molar-refractivity contribution < 1.29 is 9.84 Å². The van der Waals surface area contributed by atoms with Gasteiger partial charge in [0.05, 0.1) is 12.2 Å². The molecule has 1 aliphatic rings. The first-order chi connectivity index (χ1) is 7.13. The molecular weight excluding hydrogens is 188 g/mol. The second kappa shape index (κ2) is 8.12. The van der Waals surface area contributed by atoms with E-state index in [9.17, 15) is 5.11 Å². The van der Waals surface area contributed by atoms with Crippen LogP contribution in [0.1, 0.15) is 53.4 Å². The molecule has 0 aromatic heterocycles. The number of aliphatic hydroxyl groups excluding tert-OH is 1. The highest BCUT2D eigenvalue weighted by atomic mass is 16.5. The summed E-state index contributed by atoms with van der Waals surface area (Å²) in [4.78, 5) is 0. The fourth-order valence-electron chi connectivity index (χ4n) is 2.33. The van der Waals surface area contributed by atoms with Crippen LogP contribution >= 0.6 is 0 Å². The third kappa shape index (κ3) is 5.53. The standard InChI is InChI=1S/C11H22O2.C2H6/c1-8(2)6-9-4-5-10(12)11(7-9)13-3;1-2/h8-12H,4-7H2,1-3H3;1-2H3. The Kier molecular flexibility index (Phi) is 8.07. The van der Waals surface area contributed by atoms with Crippen molar-refractivity contribution in [3.8, 4) is 0 Å². The lowest BCUT2D eigenvalue weighted by molar-refractivity contribution is -0.0526. The van der Waals surface area contributed by atoms with Crippen LogP contribution in [0.2, 0.25) is 0 Å². The number of aliphatic hydroxyl groups is 1. The van der Waals surface area contributed by atoms with Gasteiger partial charge in [-0.25, -0.2) is 0 Å². The van der Waals surface area contributed by atoms with Crippen molar-refractivity contribution in [1.29, 1.82) is 0 Å². The largest absolute Gasteiger partial charge is 0.390 e. The molecule has 0 aromatic rings. The number of rotatable bonds is 3. The Morgan fingerprint density at radius 3 is 2.33 bits per heavy atom. The topological polar surface area (TPSA) is 29.5 Å². The van der Waals surface area contributed by atoms with Crippen LogP contribution in [0.3, 0.4) is 0 Å². The van der Waals surface area contributed by atoms with Crippen LogP contribution in [-0.4, -0.2) is 24.4 Å². The van der Waals surface area contributed by atoms with E-state index >= 15 is 0 Å². The second-order valence-electron chi connectivity index (χ2n) is 4.65. The average Bonchev–Trinajstić information content (AvgIpc) is 2.23. The van der Waals surface area contributed by atoms with Gasteiger partial charge in [-0.3, -0.25) is 0 Å². The first-order valence-electron chi connectivity index (χ1n) is 6.34. The molecule has 3 atom stereocenters. The minimum atomic E-state index is -0.228. The zero-order valence-electron chi connectivity index (χ0n) is 11.0. The predicted octanol–water partition coefficient (Wildman–Crippen LogP) is 3.23. The highest BCUT2D eigenvalue weighted by Gasteiger charge is 2.29. The van der Waals surface area contributed by atoms with Gasteiger partial charge < -0.3 is 9.84 Å². The summed E-state index contributed by atoms with van der Waals surface area (Å²) in [5.41, 5.74) is 0. The van der Waals surface area contributed by atoms with E-state index in [0.29, 0.717) is 0 Å². The molecule has 1 saturated carbocycles.